The van der Waals surface area contributed by atoms with E-state index in [1.54, 1.807) is 6.07 Å². The van der Waals surface area contributed by atoms with E-state index in [9.17, 15) is 9.59 Å². The zero-order valence-electron chi connectivity index (χ0n) is 15.6. The molecule has 0 radical (unpaired) electrons. The number of pyridine rings is 1. The maximum absolute atomic E-state index is 12.2. The first-order valence-corrected chi connectivity index (χ1v) is 9.51. The molecule has 0 unspecified atom stereocenters. The summed E-state index contributed by atoms with van der Waals surface area (Å²) >= 11 is 0. The molecule has 1 amide bonds. The molecule has 0 bridgehead atoms. The number of nitrogens with one attached hydrogen (secondary N) is 1. The molecule has 3 aromatic rings. The summed E-state index contributed by atoms with van der Waals surface area (Å²) in [6.45, 7) is 0.250. The zero-order chi connectivity index (χ0) is 19.4. The van der Waals surface area contributed by atoms with Crippen LogP contribution in [0, 0.1) is 0 Å². The lowest BCUT2D eigenvalue weighted by atomic mass is 9.64. The van der Waals surface area contributed by atoms with Gasteiger partial charge in [-0.3, -0.25) is 4.79 Å². The van der Waals surface area contributed by atoms with E-state index in [2.05, 4.69) is 22.4 Å². The number of carbonyl (C=O) groups is 2. The van der Waals surface area contributed by atoms with Gasteiger partial charge in [0.25, 0.3) is 5.91 Å². The van der Waals surface area contributed by atoms with Crippen molar-refractivity contribution in [1.82, 2.24) is 10.3 Å². The summed E-state index contributed by atoms with van der Waals surface area (Å²) in [5.41, 5.74) is 2.17. The average molecular weight is 374 g/mol. The van der Waals surface area contributed by atoms with Crippen molar-refractivity contribution in [2.45, 2.75) is 24.7 Å². The third-order valence-corrected chi connectivity index (χ3v) is 5.46. The molecule has 1 aromatic heterocycles. The summed E-state index contributed by atoms with van der Waals surface area (Å²) in [5.74, 6) is -0.890. The van der Waals surface area contributed by atoms with E-state index in [4.69, 9.17) is 4.74 Å². The second kappa shape index (κ2) is 7.80. The Balaban J connectivity index is 1.32. The molecule has 1 N–H and O–H groups in total. The fourth-order valence-electron chi connectivity index (χ4n) is 3.67. The van der Waals surface area contributed by atoms with Crippen LogP contribution in [0.2, 0.25) is 0 Å². The lowest BCUT2D eigenvalue weighted by Crippen LogP contribution is -2.46. The van der Waals surface area contributed by atoms with Crippen LogP contribution in [-0.4, -0.2) is 30.0 Å². The molecular formula is C23H22N2O3. The van der Waals surface area contributed by atoms with Crippen LogP contribution < -0.4 is 5.32 Å². The minimum atomic E-state index is -0.595. The maximum atomic E-state index is 12.2. The smallest absolute Gasteiger partial charge is 0.357 e. The van der Waals surface area contributed by atoms with Crippen LogP contribution in [0.4, 0.5) is 0 Å². The van der Waals surface area contributed by atoms with Crippen LogP contribution >= 0.6 is 0 Å². The highest BCUT2D eigenvalue weighted by molar-refractivity contribution is 5.92. The summed E-state index contributed by atoms with van der Waals surface area (Å²) in [6, 6.07) is 21.2. The van der Waals surface area contributed by atoms with Crippen molar-refractivity contribution in [2.24, 2.45) is 0 Å². The van der Waals surface area contributed by atoms with Crippen LogP contribution in [0.25, 0.3) is 10.9 Å². The van der Waals surface area contributed by atoms with E-state index in [1.165, 1.54) is 5.56 Å². The summed E-state index contributed by atoms with van der Waals surface area (Å²) in [4.78, 5) is 28.7. The van der Waals surface area contributed by atoms with E-state index in [0.717, 1.165) is 30.2 Å². The molecule has 2 aromatic carbocycles. The minimum absolute atomic E-state index is 0.000823. The van der Waals surface area contributed by atoms with E-state index >= 15 is 0 Å². The van der Waals surface area contributed by atoms with Gasteiger partial charge in [-0.05, 0) is 30.5 Å². The number of hydrogen-bond donors (Lipinski definition) is 1. The Morgan fingerprint density at radius 3 is 2.46 bits per heavy atom. The van der Waals surface area contributed by atoms with Crippen LogP contribution in [0.5, 0.6) is 0 Å². The van der Waals surface area contributed by atoms with Crippen molar-refractivity contribution < 1.29 is 14.3 Å². The van der Waals surface area contributed by atoms with Crippen molar-refractivity contribution in [3.63, 3.8) is 0 Å². The zero-order valence-corrected chi connectivity index (χ0v) is 15.6. The number of aromatic nitrogens is 1. The van der Waals surface area contributed by atoms with Gasteiger partial charge in [0.2, 0.25) is 0 Å². The summed E-state index contributed by atoms with van der Waals surface area (Å²) in [5, 5.41) is 3.87. The molecule has 0 aliphatic heterocycles. The number of rotatable bonds is 6. The Morgan fingerprint density at radius 2 is 1.71 bits per heavy atom. The summed E-state index contributed by atoms with van der Waals surface area (Å²) in [6.07, 6.45) is 3.27. The molecule has 142 valence electrons. The van der Waals surface area contributed by atoms with Gasteiger partial charge in [-0.2, -0.15) is 0 Å². The van der Waals surface area contributed by atoms with E-state index in [1.807, 2.05) is 48.5 Å². The number of benzene rings is 2. The number of fused-ring (bicyclic) bond motifs is 1. The molecule has 1 saturated carbocycles. The SMILES string of the molecule is O=C(COC(=O)c1ccc2ccccc2n1)NCC1(c2ccccc2)CCC1. The van der Waals surface area contributed by atoms with E-state index < -0.39 is 5.97 Å². The third kappa shape index (κ3) is 3.74. The Labute approximate surface area is 163 Å². The summed E-state index contributed by atoms with van der Waals surface area (Å²) < 4.78 is 5.15. The van der Waals surface area contributed by atoms with Crippen LogP contribution in [0.3, 0.4) is 0 Å². The second-order valence-corrected chi connectivity index (χ2v) is 7.24. The van der Waals surface area contributed by atoms with Crippen molar-refractivity contribution in [3.8, 4) is 0 Å². The molecule has 1 aliphatic carbocycles. The highest BCUT2D eigenvalue weighted by Gasteiger charge is 2.38. The van der Waals surface area contributed by atoms with Crippen LogP contribution in [0.1, 0.15) is 35.3 Å². The topological polar surface area (TPSA) is 68.3 Å². The molecular weight excluding hydrogens is 352 g/mol. The van der Waals surface area contributed by atoms with Gasteiger partial charge in [0.05, 0.1) is 5.52 Å². The number of nitrogens with zero attached hydrogens (tertiary/aromatic N) is 1. The largest absolute Gasteiger partial charge is 0.451 e. The van der Waals surface area contributed by atoms with Gasteiger partial charge in [0.15, 0.2) is 6.61 Å². The van der Waals surface area contributed by atoms with Crippen LogP contribution in [0.15, 0.2) is 66.7 Å². The standard InChI is InChI=1S/C23H22N2O3/c26-21(24-16-23(13-6-14-23)18-8-2-1-3-9-18)15-28-22(27)20-12-11-17-7-4-5-10-19(17)25-20/h1-5,7-12H,6,13-16H2,(H,24,26). The van der Waals surface area contributed by atoms with Gasteiger partial charge in [0.1, 0.15) is 5.69 Å². The lowest BCUT2D eigenvalue weighted by Gasteiger charge is -2.42. The molecule has 1 fully saturated rings. The van der Waals surface area contributed by atoms with Gasteiger partial charge in [-0.1, -0.05) is 61.0 Å². The Bertz CT molecular complexity index is 997. The van der Waals surface area contributed by atoms with Gasteiger partial charge in [0, 0.05) is 17.3 Å². The lowest BCUT2D eigenvalue weighted by molar-refractivity contribution is -0.124. The first kappa shape index (κ1) is 18.2. The molecule has 0 spiro atoms. The highest BCUT2D eigenvalue weighted by Crippen LogP contribution is 2.43. The quantitative estimate of drug-likeness (QED) is 0.669. The Kier molecular flexibility index (Phi) is 5.06. The number of hydrogen-bond acceptors (Lipinski definition) is 4. The fraction of sp³-hybridized carbons (Fsp3) is 0.261. The molecule has 0 saturated heterocycles. The second-order valence-electron chi connectivity index (χ2n) is 7.24. The predicted octanol–water partition coefficient (Wildman–Crippen LogP) is 3.63. The summed E-state index contributed by atoms with van der Waals surface area (Å²) in [7, 11) is 0. The van der Waals surface area contributed by atoms with Crippen molar-refractivity contribution in [3.05, 3.63) is 78.0 Å². The highest BCUT2D eigenvalue weighted by atomic mass is 16.5. The van der Waals surface area contributed by atoms with E-state index in [-0.39, 0.29) is 23.6 Å². The predicted molar refractivity (Wildman–Crippen MR) is 107 cm³/mol. The molecule has 28 heavy (non-hydrogen) atoms. The number of ether oxygens (including phenoxy) is 1. The number of carbonyl (C=O) groups excluding carboxylic acids is 2. The molecule has 5 heteroatoms. The first-order valence-electron chi connectivity index (χ1n) is 9.51. The van der Waals surface area contributed by atoms with Crippen LogP contribution in [-0.2, 0) is 14.9 Å². The number of amides is 1. The Morgan fingerprint density at radius 1 is 0.964 bits per heavy atom. The maximum Gasteiger partial charge on any atom is 0.357 e. The van der Waals surface area contributed by atoms with Crippen molar-refractivity contribution >= 4 is 22.8 Å². The fourth-order valence-corrected chi connectivity index (χ4v) is 3.67. The monoisotopic (exact) mass is 374 g/mol. The number of para-hydroxylation sites is 1. The van der Waals surface area contributed by atoms with E-state index in [0.29, 0.717) is 6.54 Å². The van der Waals surface area contributed by atoms with Crippen molar-refractivity contribution in [1.29, 1.82) is 0 Å². The Hall–Kier alpha value is -3.21. The van der Waals surface area contributed by atoms with Crippen molar-refractivity contribution in [2.75, 3.05) is 13.2 Å². The average Bonchev–Trinajstić information content (AvgIpc) is 2.71. The first-order chi connectivity index (χ1) is 13.7. The molecule has 4 rings (SSSR count). The molecule has 1 heterocycles. The molecule has 5 nitrogen and oxygen atoms in total. The van der Waals surface area contributed by atoms with Gasteiger partial charge in [-0.15, -0.1) is 0 Å². The molecule has 1 aliphatic rings. The van der Waals surface area contributed by atoms with Gasteiger partial charge < -0.3 is 10.1 Å². The van der Waals surface area contributed by atoms with Gasteiger partial charge >= 0.3 is 5.97 Å². The normalized spacial score (nSPS) is 14.9. The third-order valence-electron chi connectivity index (χ3n) is 5.46. The minimum Gasteiger partial charge on any atom is -0.451 e. The van der Waals surface area contributed by atoms with Gasteiger partial charge in [-0.25, -0.2) is 9.78 Å². The molecule has 0 atom stereocenters. The number of esters is 1.